The summed E-state index contributed by atoms with van der Waals surface area (Å²) in [7, 11) is 0. The van der Waals surface area contributed by atoms with Crippen molar-refractivity contribution in [3.63, 3.8) is 0 Å². The van der Waals surface area contributed by atoms with Crippen LogP contribution in [-0.2, 0) is 4.74 Å². The molecule has 6 nitrogen and oxygen atoms in total. The van der Waals surface area contributed by atoms with Gasteiger partial charge in [-0.05, 0) is 17.5 Å². The van der Waals surface area contributed by atoms with E-state index in [-0.39, 0.29) is 18.1 Å². The standard InChI is InChI=1S/C15H16N4O2S/c20-14(11-2-7-22-10-11)18-8-12-13(9-18)21-6-5-19(12)15-16-3-1-4-17-15/h1-4,7,10,12-13H,5-6,8-9H2/t12-,13+/m1/s1. The number of fused-ring (bicyclic) bond motifs is 1. The number of morpholine rings is 1. The number of nitrogens with zero attached hydrogens (tertiary/aromatic N) is 4. The van der Waals surface area contributed by atoms with Crippen molar-refractivity contribution in [1.29, 1.82) is 0 Å². The highest BCUT2D eigenvalue weighted by Crippen LogP contribution is 2.27. The van der Waals surface area contributed by atoms with Crippen LogP contribution in [0.5, 0.6) is 0 Å². The highest BCUT2D eigenvalue weighted by atomic mass is 32.1. The van der Waals surface area contributed by atoms with E-state index in [1.54, 1.807) is 23.7 Å². The van der Waals surface area contributed by atoms with Gasteiger partial charge in [-0.25, -0.2) is 9.97 Å². The van der Waals surface area contributed by atoms with Gasteiger partial charge in [0.05, 0.1) is 24.3 Å². The van der Waals surface area contributed by atoms with Crippen molar-refractivity contribution in [2.45, 2.75) is 12.1 Å². The molecule has 0 bridgehead atoms. The van der Waals surface area contributed by atoms with E-state index in [0.717, 1.165) is 12.1 Å². The predicted molar refractivity (Wildman–Crippen MR) is 83.1 cm³/mol. The van der Waals surface area contributed by atoms with E-state index < -0.39 is 0 Å². The Morgan fingerprint density at radius 1 is 1.32 bits per heavy atom. The fourth-order valence-corrected chi connectivity index (χ4v) is 3.74. The maximum Gasteiger partial charge on any atom is 0.254 e. The van der Waals surface area contributed by atoms with Crippen LogP contribution in [0.2, 0.25) is 0 Å². The molecule has 2 aromatic heterocycles. The normalized spacial score (nSPS) is 24.4. The molecule has 1 amide bonds. The number of hydrogen-bond acceptors (Lipinski definition) is 6. The molecule has 0 N–H and O–H groups in total. The number of aromatic nitrogens is 2. The first-order valence-electron chi connectivity index (χ1n) is 7.29. The first-order chi connectivity index (χ1) is 10.8. The van der Waals surface area contributed by atoms with E-state index >= 15 is 0 Å². The van der Waals surface area contributed by atoms with E-state index in [9.17, 15) is 4.79 Å². The molecule has 2 atom stereocenters. The molecule has 22 heavy (non-hydrogen) atoms. The summed E-state index contributed by atoms with van der Waals surface area (Å²) < 4.78 is 5.86. The minimum atomic E-state index is 0.0279. The van der Waals surface area contributed by atoms with E-state index in [4.69, 9.17) is 4.74 Å². The molecule has 2 fully saturated rings. The van der Waals surface area contributed by atoms with Crippen molar-refractivity contribution in [3.8, 4) is 0 Å². The predicted octanol–water partition coefficient (Wildman–Crippen LogP) is 1.27. The van der Waals surface area contributed by atoms with Crippen molar-refractivity contribution in [3.05, 3.63) is 40.8 Å². The number of hydrogen-bond donors (Lipinski definition) is 0. The van der Waals surface area contributed by atoms with Crippen LogP contribution in [0.4, 0.5) is 5.95 Å². The summed E-state index contributed by atoms with van der Waals surface area (Å²) in [5.41, 5.74) is 0.756. The Balaban J connectivity index is 1.55. The second-order valence-electron chi connectivity index (χ2n) is 5.44. The SMILES string of the molecule is O=C(c1ccsc1)N1C[C@@H]2OCCN(c3ncccn3)[C@@H]2C1. The number of carbonyl (C=O) groups excluding carboxylic acids is 1. The molecule has 4 heterocycles. The average molecular weight is 316 g/mol. The van der Waals surface area contributed by atoms with Crippen molar-refractivity contribution in [2.75, 3.05) is 31.1 Å². The maximum absolute atomic E-state index is 12.5. The highest BCUT2D eigenvalue weighted by Gasteiger charge is 2.42. The lowest BCUT2D eigenvalue weighted by atomic mass is 10.1. The summed E-state index contributed by atoms with van der Waals surface area (Å²) >= 11 is 1.54. The lowest BCUT2D eigenvalue weighted by molar-refractivity contribution is 0.0296. The van der Waals surface area contributed by atoms with Gasteiger partial charge in [0.25, 0.3) is 5.91 Å². The van der Waals surface area contributed by atoms with Gasteiger partial charge in [-0.15, -0.1) is 0 Å². The van der Waals surface area contributed by atoms with Crippen LogP contribution < -0.4 is 4.90 Å². The molecule has 0 aliphatic carbocycles. The van der Waals surface area contributed by atoms with Crippen LogP contribution in [0.3, 0.4) is 0 Å². The Labute approximate surface area is 132 Å². The van der Waals surface area contributed by atoms with Gasteiger partial charge in [0, 0.05) is 37.4 Å². The second kappa shape index (κ2) is 5.66. The number of amides is 1. The van der Waals surface area contributed by atoms with Gasteiger partial charge in [0.1, 0.15) is 0 Å². The summed E-state index contributed by atoms with van der Waals surface area (Å²) in [4.78, 5) is 25.2. The number of rotatable bonds is 2. The summed E-state index contributed by atoms with van der Waals surface area (Å²) in [6.07, 6.45) is 3.52. The van der Waals surface area contributed by atoms with E-state index in [1.165, 1.54) is 0 Å². The Bertz CT molecular complexity index is 649. The van der Waals surface area contributed by atoms with Gasteiger partial charge >= 0.3 is 0 Å². The summed E-state index contributed by atoms with van der Waals surface area (Å²) in [5.74, 6) is 0.791. The lowest BCUT2D eigenvalue weighted by Gasteiger charge is -2.36. The third kappa shape index (κ3) is 2.36. The summed E-state index contributed by atoms with van der Waals surface area (Å²) in [6.45, 7) is 2.67. The van der Waals surface area contributed by atoms with Crippen molar-refractivity contribution < 1.29 is 9.53 Å². The molecule has 2 aromatic rings. The monoisotopic (exact) mass is 316 g/mol. The molecule has 0 unspecified atom stereocenters. The third-order valence-corrected chi connectivity index (χ3v) is 4.85. The van der Waals surface area contributed by atoms with Crippen molar-refractivity contribution in [1.82, 2.24) is 14.9 Å². The zero-order valence-corrected chi connectivity index (χ0v) is 12.8. The summed E-state index contributed by atoms with van der Waals surface area (Å²) in [5, 5.41) is 3.82. The van der Waals surface area contributed by atoms with Gasteiger partial charge in [0.2, 0.25) is 5.95 Å². The zero-order chi connectivity index (χ0) is 14.9. The maximum atomic E-state index is 12.5. The van der Waals surface area contributed by atoms with E-state index in [1.807, 2.05) is 27.8 Å². The highest BCUT2D eigenvalue weighted by molar-refractivity contribution is 7.08. The average Bonchev–Trinajstić information content (AvgIpc) is 3.24. The number of carbonyl (C=O) groups is 1. The Hall–Kier alpha value is -1.99. The zero-order valence-electron chi connectivity index (χ0n) is 12.0. The molecule has 4 rings (SSSR count). The second-order valence-corrected chi connectivity index (χ2v) is 6.22. The third-order valence-electron chi connectivity index (χ3n) is 4.17. The van der Waals surface area contributed by atoms with Crippen LogP contribution in [0, 0.1) is 0 Å². The topological polar surface area (TPSA) is 58.6 Å². The van der Waals surface area contributed by atoms with Crippen LogP contribution in [-0.4, -0.2) is 59.2 Å². The smallest absolute Gasteiger partial charge is 0.254 e. The Kier molecular flexibility index (Phi) is 3.51. The van der Waals surface area contributed by atoms with Crippen molar-refractivity contribution in [2.24, 2.45) is 0 Å². The summed E-state index contributed by atoms with van der Waals surface area (Å²) in [6, 6.07) is 3.80. The fourth-order valence-electron chi connectivity index (χ4n) is 3.11. The van der Waals surface area contributed by atoms with Gasteiger partial charge in [-0.3, -0.25) is 4.79 Å². The van der Waals surface area contributed by atoms with E-state index in [0.29, 0.717) is 25.6 Å². The molecule has 2 aliphatic heterocycles. The molecule has 0 saturated carbocycles. The van der Waals surface area contributed by atoms with Crippen molar-refractivity contribution >= 4 is 23.2 Å². The molecule has 0 aromatic carbocycles. The van der Waals surface area contributed by atoms with Crippen LogP contribution in [0.1, 0.15) is 10.4 Å². The fraction of sp³-hybridized carbons (Fsp3) is 0.400. The molecule has 7 heteroatoms. The minimum Gasteiger partial charge on any atom is -0.372 e. The first-order valence-corrected chi connectivity index (χ1v) is 8.24. The Morgan fingerprint density at radius 2 is 2.18 bits per heavy atom. The number of anilines is 1. The number of thiophene rings is 1. The first kappa shape index (κ1) is 13.7. The van der Waals surface area contributed by atoms with Crippen LogP contribution in [0.15, 0.2) is 35.3 Å². The molecule has 2 saturated heterocycles. The molecule has 0 spiro atoms. The van der Waals surface area contributed by atoms with Crippen LogP contribution in [0.25, 0.3) is 0 Å². The van der Waals surface area contributed by atoms with Gasteiger partial charge in [0.15, 0.2) is 0 Å². The molecule has 114 valence electrons. The number of ether oxygens (including phenoxy) is 1. The van der Waals surface area contributed by atoms with E-state index in [2.05, 4.69) is 14.9 Å². The van der Waals surface area contributed by atoms with Crippen LogP contribution >= 0.6 is 11.3 Å². The molecular formula is C15H16N4O2S. The lowest BCUT2D eigenvalue weighted by Crippen LogP contribution is -2.51. The number of likely N-dealkylation sites (tertiary alicyclic amines) is 1. The molecule has 2 aliphatic rings. The quantitative estimate of drug-likeness (QED) is 0.835. The Morgan fingerprint density at radius 3 is 2.95 bits per heavy atom. The van der Waals surface area contributed by atoms with Gasteiger partial charge < -0.3 is 14.5 Å². The molecular weight excluding hydrogens is 300 g/mol. The minimum absolute atomic E-state index is 0.0279. The molecule has 0 radical (unpaired) electrons. The van der Waals surface area contributed by atoms with Gasteiger partial charge in [-0.2, -0.15) is 11.3 Å². The van der Waals surface area contributed by atoms with Gasteiger partial charge in [-0.1, -0.05) is 0 Å². The largest absolute Gasteiger partial charge is 0.372 e.